The van der Waals surface area contributed by atoms with Crippen LogP contribution in [0.25, 0.3) is 75.5 Å². The maximum Gasteiger partial charge on any atom is 0.196 e. The first kappa shape index (κ1) is 36.9. The highest BCUT2D eigenvalue weighted by Crippen LogP contribution is 2.48. The van der Waals surface area contributed by atoms with Crippen LogP contribution in [-0.2, 0) is 0 Å². The van der Waals surface area contributed by atoms with E-state index >= 15 is 0 Å². The number of para-hydroxylation sites is 1. The molecule has 1 aliphatic rings. The average molecular weight is 825 g/mol. The maximum absolute atomic E-state index is 6.47. The van der Waals surface area contributed by atoms with Crippen molar-refractivity contribution in [3.05, 3.63) is 236 Å². The van der Waals surface area contributed by atoms with Crippen molar-refractivity contribution in [1.82, 2.24) is 0 Å². The highest BCUT2D eigenvalue weighted by molar-refractivity contribution is 7.25. The molecule has 0 fully saturated rings. The summed E-state index contributed by atoms with van der Waals surface area (Å²) in [5, 5.41) is 8.49. The molecule has 0 bridgehead atoms. The molecule has 4 heteroatoms. The van der Waals surface area contributed by atoms with E-state index in [1.165, 1.54) is 58.8 Å². The minimum absolute atomic E-state index is 0.197. The monoisotopic (exact) mass is 824 g/mol. The molecule has 1 aromatic heterocycles. The summed E-state index contributed by atoms with van der Waals surface area (Å²) in [7, 11) is 0. The van der Waals surface area contributed by atoms with Gasteiger partial charge in [0.25, 0.3) is 0 Å². The van der Waals surface area contributed by atoms with E-state index in [2.05, 4.69) is 235 Å². The topological polar surface area (TPSA) is 24.5 Å². The van der Waals surface area contributed by atoms with Gasteiger partial charge in [0.05, 0.1) is 11.4 Å². The van der Waals surface area contributed by atoms with E-state index in [4.69, 9.17) is 4.74 Å². The van der Waals surface area contributed by atoms with E-state index in [9.17, 15) is 0 Å². The van der Waals surface area contributed by atoms with Crippen molar-refractivity contribution in [3.8, 4) is 50.3 Å². The number of fused-ring (bicyclic) bond motifs is 5. The van der Waals surface area contributed by atoms with Crippen LogP contribution in [0.4, 0.5) is 22.7 Å². The highest BCUT2D eigenvalue weighted by atomic mass is 32.1. The average Bonchev–Trinajstić information content (AvgIpc) is 3.94. The lowest BCUT2D eigenvalue weighted by Gasteiger charge is -2.29. The summed E-state index contributed by atoms with van der Waals surface area (Å²) in [6.07, 6.45) is -0.197. The molecule has 10 aromatic carbocycles. The minimum atomic E-state index is -0.197. The summed E-state index contributed by atoms with van der Waals surface area (Å²) < 4.78 is 8.97. The van der Waals surface area contributed by atoms with Crippen LogP contribution in [0.3, 0.4) is 0 Å². The molecule has 11 aromatic rings. The van der Waals surface area contributed by atoms with Gasteiger partial charge in [-0.25, -0.2) is 0 Å². The SMILES string of the molecule is c1ccc(-c2ccc(N(c3ccccc3)c3ccc(-c4ccc5sc6cc7c(cc6c5c4)OC(c4ccccc4)N7)cc3-c3ccccc3)cc2-c2ccc3ccccc3c2)cc1. The maximum atomic E-state index is 6.47. The van der Waals surface area contributed by atoms with Gasteiger partial charge in [-0.2, -0.15) is 0 Å². The zero-order chi connectivity index (χ0) is 41.7. The molecule has 1 N–H and O–H groups in total. The molecule has 0 saturated carbocycles. The first-order chi connectivity index (χ1) is 31.2. The molecule has 0 spiro atoms. The van der Waals surface area contributed by atoms with Gasteiger partial charge in [0.1, 0.15) is 5.75 Å². The fraction of sp³-hybridized carbons (Fsp3) is 0.0169. The van der Waals surface area contributed by atoms with Gasteiger partial charge in [0.15, 0.2) is 6.23 Å². The number of anilines is 4. The third-order valence-corrected chi connectivity index (χ3v) is 13.4. The second kappa shape index (κ2) is 15.5. The number of ether oxygens (including phenoxy) is 1. The third kappa shape index (κ3) is 6.78. The second-order valence-corrected chi connectivity index (χ2v) is 17.2. The number of hydrogen-bond donors (Lipinski definition) is 1. The van der Waals surface area contributed by atoms with Gasteiger partial charge in [0, 0.05) is 42.7 Å². The number of thiophene rings is 1. The van der Waals surface area contributed by atoms with Crippen LogP contribution in [0.5, 0.6) is 5.75 Å². The van der Waals surface area contributed by atoms with Gasteiger partial charge >= 0.3 is 0 Å². The van der Waals surface area contributed by atoms with E-state index in [1.54, 1.807) is 0 Å². The lowest BCUT2D eigenvalue weighted by atomic mass is 9.92. The van der Waals surface area contributed by atoms with Crippen molar-refractivity contribution in [2.45, 2.75) is 6.23 Å². The smallest absolute Gasteiger partial charge is 0.196 e. The molecule has 12 rings (SSSR count). The minimum Gasteiger partial charge on any atom is -0.464 e. The molecule has 1 aliphatic heterocycles. The van der Waals surface area contributed by atoms with Crippen molar-refractivity contribution in [2.24, 2.45) is 0 Å². The number of benzene rings is 10. The molecule has 0 amide bonds. The standard InChI is InChI=1S/C59H40N2OS/c1-5-16-40(17-6-1)49-30-29-48(36-50(49)46-26-25-39-15-13-14-22-43(39)33-46)61(47-23-11-4-12-24-47)55-31-27-44(34-51(55)41-18-7-2-8-19-41)45-28-32-57-52(35-45)53-37-56-54(38-58(53)63-57)60-59(62-56)42-20-9-3-10-21-42/h1-38,59-60H. The Bertz CT molecular complexity index is 3460. The number of nitrogens with one attached hydrogen (secondary N) is 1. The Morgan fingerprint density at radius 2 is 1.03 bits per heavy atom. The van der Waals surface area contributed by atoms with E-state index in [0.717, 1.165) is 50.8 Å². The Kier molecular flexibility index (Phi) is 9.09. The molecule has 0 radical (unpaired) electrons. The zero-order valence-corrected chi connectivity index (χ0v) is 35.1. The third-order valence-electron chi connectivity index (χ3n) is 12.3. The first-order valence-electron chi connectivity index (χ1n) is 21.4. The van der Waals surface area contributed by atoms with Crippen molar-refractivity contribution in [1.29, 1.82) is 0 Å². The van der Waals surface area contributed by atoms with Crippen molar-refractivity contribution in [2.75, 3.05) is 10.2 Å². The molecule has 63 heavy (non-hydrogen) atoms. The Balaban J connectivity index is 0.999. The molecular formula is C59H40N2OS. The molecule has 1 unspecified atom stereocenters. The van der Waals surface area contributed by atoms with Crippen LogP contribution in [0.15, 0.2) is 231 Å². The molecular weight excluding hydrogens is 785 g/mol. The highest BCUT2D eigenvalue weighted by Gasteiger charge is 2.25. The van der Waals surface area contributed by atoms with Crippen LogP contribution in [0.2, 0.25) is 0 Å². The fourth-order valence-electron chi connectivity index (χ4n) is 9.17. The lowest BCUT2D eigenvalue weighted by Crippen LogP contribution is -2.11. The Morgan fingerprint density at radius 1 is 0.397 bits per heavy atom. The van der Waals surface area contributed by atoms with Gasteiger partial charge in [-0.1, -0.05) is 164 Å². The molecule has 0 saturated heterocycles. The van der Waals surface area contributed by atoms with E-state index in [1.807, 2.05) is 17.4 Å². The zero-order valence-electron chi connectivity index (χ0n) is 34.3. The molecule has 0 aliphatic carbocycles. The summed E-state index contributed by atoms with van der Waals surface area (Å²) in [6.45, 7) is 0. The Hall–Kier alpha value is -7.92. The number of nitrogens with zero attached hydrogens (tertiary/aromatic N) is 1. The Morgan fingerprint density at radius 3 is 1.81 bits per heavy atom. The first-order valence-corrected chi connectivity index (χ1v) is 22.2. The van der Waals surface area contributed by atoms with Crippen LogP contribution in [0.1, 0.15) is 11.8 Å². The van der Waals surface area contributed by atoms with Gasteiger partial charge in [-0.15, -0.1) is 11.3 Å². The summed E-state index contributed by atoms with van der Waals surface area (Å²) in [6, 6.07) is 83.3. The van der Waals surface area contributed by atoms with Gasteiger partial charge < -0.3 is 15.0 Å². The van der Waals surface area contributed by atoms with Gasteiger partial charge in [-0.05, 0) is 116 Å². The Labute approximate surface area is 370 Å². The van der Waals surface area contributed by atoms with Crippen LogP contribution >= 0.6 is 11.3 Å². The second-order valence-electron chi connectivity index (χ2n) is 16.1. The van der Waals surface area contributed by atoms with E-state index < -0.39 is 0 Å². The molecule has 3 nitrogen and oxygen atoms in total. The molecule has 2 heterocycles. The van der Waals surface area contributed by atoms with Crippen molar-refractivity contribution < 1.29 is 4.74 Å². The summed E-state index contributed by atoms with van der Waals surface area (Å²) in [5.41, 5.74) is 14.8. The van der Waals surface area contributed by atoms with Gasteiger partial charge in [0.2, 0.25) is 0 Å². The number of hydrogen-bond acceptors (Lipinski definition) is 4. The van der Waals surface area contributed by atoms with Crippen LogP contribution in [-0.4, -0.2) is 0 Å². The van der Waals surface area contributed by atoms with Crippen molar-refractivity contribution >= 4 is 65.0 Å². The largest absolute Gasteiger partial charge is 0.464 e. The quantitative estimate of drug-likeness (QED) is 0.165. The number of rotatable bonds is 8. The van der Waals surface area contributed by atoms with E-state index in [0.29, 0.717) is 0 Å². The predicted octanol–water partition coefficient (Wildman–Crippen LogP) is 16.8. The van der Waals surface area contributed by atoms with Crippen LogP contribution < -0.4 is 15.0 Å². The van der Waals surface area contributed by atoms with Gasteiger partial charge in [-0.3, -0.25) is 0 Å². The lowest BCUT2D eigenvalue weighted by molar-refractivity contribution is 0.260. The summed E-state index contributed by atoms with van der Waals surface area (Å²) in [4.78, 5) is 2.42. The fourth-order valence-corrected chi connectivity index (χ4v) is 10.3. The molecule has 1 atom stereocenters. The van der Waals surface area contributed by atoms with E-state index in [-0.39, 0.29) is 6.23 Å². The predicted molar refractivity (Wildman–Crippen MR) is 267 cm³/mol. The summed E-state index contributed by atoms with van der Waals surface area (Å²) >= 11 is 1.83. The van der Waals surface area contributed by atoms with Crippen LogP contribution in [0, 0.1) is 0 Å². The molecule has 298 valence electrons. The van der Waals surface area contributed by atoms with Crippen molar-refractivity contribution in [3.63, 3.8) is 0 Å². The normalized spacial score (nSPS) is 13.2. The summed E-state index contributed by atoms with van der Waals surface area (Å²) in [5.74, 6) is 0.888.